The predicted molar refractivity (Wildman–Crippen MR) is 74.3 cm³/mol. The predicted octanol–water partition coefficient (Wildman–Crippen LogP) is 1.56. The van der Waals surface area contributed by atoms with Crippen molar-refractivity contribution in [3.05, 3.63) is 35.4 Å². The Hall–Kier alpha value is -0.900. The SMILES string of the molecule is CN(C)Cc1ccc(CN2CCC(CO)C2)cc1. The molecule has 3 nitrogen and oxygen atoms in total. The highest BCUT2D eigenvalue weighted by Gasteiger charge is 2.21. The zero-order chi connectivity index (χ0) is 13.0. The highest BCUT2D eigenvalue weighted by molar-refractivity contribution is 5.22. The van der Waals surface area contributed by atoms with Gasteiger partial charge in [-0.3, -0.25) is 4.90 Å². The van der Waals surface area contributed by atoms with Crippen LogP contribution in [0.15, 0.2) is 24.3 Å². The third-order valence-electron chi connectivity index (χ3n) is 3.56. The zero-order valence-electron chi connectivity index (χ0n) is 11.5. The van der Waals surface area contributed by atoms with Crippen LogP contribution in [0.2, 0.25) is 0 Å². The first-order chi connectivity index (χ1) is 8.67. The lowest BCUT2D eigenvalue weighted by Gasteiger charge is -2.16. The fourth-order valence-electron chi connectivity index (χ4n) is 2.58. The second kappa shape index (κ2) is 6.32. The first-order valence-corrected chi connectivity index (χ1v) is 6.73. The number of aliphatic hydroxyl groups is 1. The molecular weight excluding hydrogens is 224 g/mol. The number of nitrogens with zero attached hydrogens (tertiary/aromatic N) is 2. The largest absolute Gasteiger partial charge is 0.396 e. The number of aliphatic hydroxyl groups excluding tert-OH is 1. The summed E-state index contributed by atoms with van der Waals surface area (Å²) in [5, 5.41) is 9.14. The quantitative estimate of drug-likeness (QED) is 0.856. The number of likely N-dealkylation sites (tertiary alicyclic amines) is 1. The Labute approximate surface area is 110 Å². The van der Waals surface area contributed by atoms with Crippen molar-refractivity contribution in [2.75, 3.05) is 33.8 Å². The summed E-state index contributed by atoms with van der Waals surface area (Å²) in [7, 11) is 4.18. The Morgan fingerprint density at radius 1 is 1.22 bits per heavy atom. The van der Waals surface area contributed by atoms with Crippen molar-refractivity contribution < 1.29 is 5.11 Å². The van der Waals surface area contributed by atoms with Crippen molar-refractivity contribution in [2.45, 2.75) is 19.5 Å². The normalized spacial score (nSPS) is 20.8. The van der Waals surface area contributed by atoms with E-state index in [4.69, 9.17) is 5.11 Å². The molecule has 0 spiro atoms. The number of benzene rings is 1. The molecule has 0 aliphatic carbocycles. The highest BCUT2D eigenvalue weighted by Crippen LogP contribution is 2.18. The Kier molecular flexibility index (Phi) is 4.75. The summed E-state index contributed by atoms with van der Waals surface area (Å²) in [6.07, 6.45) is 1.13. The maximum Gasteiger partial charge on any atom is 0.0471 e. The molecule has 0 saturated carbocycles. The van der Waals surface area contributed by atoms with E-state index in [1.54, 1.807) is 0 Å². The lowest BCUT2D eigenvalue weighted by molar-refractivity contribution is 0.220. The van der Waals surface area contributed by atoms with Crippen LogP contribution in [0.25, 0.3) is 0 Å². The molecule has 1 aromatic carbocycles. The molecule has 1 aliphatic heterocycles. The van der Waals surface area contributed by atoms with Gasteiger partial charge in [0, 0.05) is 26.2 Å². The van der Waals surface area contributed by atoms with E-state index in [-0.39, 0.29) is 0 Å². The van der Waals surface area contributed by atoms with Crippen LogP contribution < -0.4 is 0 Å². The summed E-state index contributed by atoms with van der Waals surface area (Å²) in [5.74, 6) is 0.484. The molecule has 0 amide bonds. The third-order valence-corrected chi connectivity index (χ3v) is 3.56. The van der Waals surface area contributed by atoms with Gasteiger partial charge in [0.25, 0.3) is 0 Å². The van der Waals surface area contributed by atoms with E-state index in [9.17, 15) is 0 Å². The standard InChI is InChI=1S/C15H24N2O/c1-16(2)9-13-3-5-14(6-4-13)10-17-8-7-15(11-17)12-18/h3-6,15,18H,7-12H2,1-2H3. The molecule has 1 aliphatic rings. The molecule has 1 unspecified atom stereocenters. The molecule has 1 aromatic rings. The Morgan fingerprint density at radius 2 is 1.89 bits per heavy atom. The summed E-state index contributed by atoms with van der Waals surface area (Å²) in [6.45, 7) is 4.49. The second-order valence-corrected chi connectivity index (χ2v) is 5.63. The van der Waals surface area contributed by atoms with Crippen LogP contribution in [0, 0.1) is 5.92 Å². The van der Waals surface area contributed by atoms with Crippen molar-refractivity contribution in [3.63, 3.8) is 0 Å². The van der Waals surface area contributed by atoms with E-state index in [1.807, 2.05) is 0 Å². The van der Waals surface area contributed by atoms with Crippen LogP contribution in [0.5, 0.6) is 0 Å². The van der Waals surface area contributed by atoms with Gasteiger partial charge in [-0.15, -0.1) is 0 Å². The molecule has 1 atom stereocenters. The summed E-state index contributed by atoms with van der Waals surface area (Å²) >= 11 is 0. The van der Waals surface area contributed by atoms with Gasteiger partial charge in [-0.1, -0.05) is 24.3 Å². The van der Waals surface area contributed by atoms with Gasteiger partial charge in [-0.2, -0.15) is 0 Å². The van der Waals surface area contributed by atoms with Gasteiger partial charge in [0.15, 0.2) is 0 Å². The minimum absolute atomic E-state index is 0.332. The average Bonchev–Trinajstić information content (AvgIpc) is 2.79. The second-order valence-electron chi connectivity index (χ2n) is 5.63. The van der Waals surface area contributed by atoms with Crippen LogP contribution in [-0.2, 0) is 13.1 Å². The Balaban J connectivity index is 1.87. The van der Waals surface area contributed by atoms with E-state index in [0.717, 1.165) is 32.6 Å². The molecule has 0 radical (unpaired) electrons. The molecule has 1 N–H and O–H groups in total. The minimum atomic E-state index is 0.332. The molecule has 1 fully saturated rings. The van der Waals surface area contributed by atoms with Gasteiger partial charge in [-0.05, 0) is 44.1 Å². The maximum atomic E-state index is 9.14. The summed E-state index contributed by atoms with van der Waals surface area (Å²) in [6, 6.07) is 8.89. The highest BCUT2D eigenvalue weighted by atomic mass is 16.3. The van der Waals surface area contributed by atoms with E-state index >= 15 is 0 Å². The van der Waals surface area contributed by atoms with Crippen LogP contribution in [-0.4, -0.2) is 48.7 Å². The van der Waals surface area contributed by atoms with Crippen molar-refractivity contribution in [3.8, 4) is 0 Å². The Bertz CT molecular complexity index is 361. The average molecular weight is 248 g/mol. The topological polar surface area (TPSA) is 26.7 Å². The first-order valence-electron chi connectivity index (χ1n) is 6.73. The molecule has 2 rings (SSSR count). The molecule has 100 valence electrons. The fraction of sp³-hybridized carbons (Fsp3) is 0.600. The van der Waals surface area contributed by atoms with E-state index in [2.05, 4.69) is 48.2 Å². The van der Waals surface area contributed by atoms with Gasteiger partial charge in [0.1, 0.15) is 0 Å². The van der Waals surface area contributed by atoms with Crippen molar-refractivity contribution in [1.82, 2.24) is 9.80 Å². The number of hydrogen-bond donors (Lipinski definition) is 1. The zero-order valence-corrected chi connectivity index (χ0v) is 11.5. The Morgan fingerprint density at radius 3 is 2.44 bits per heavy atom. The summed E-state index contributed by atoms with van der Waals surface area (Å²) in [4.78, 5) is 4.61. The van der Waals surface area contributed by atoms with Gasteiger partial charge in [0.05, 0.1) is 0 Å². The smallest absolute Gasteiger partial charge is 0.0471 e. The van der Waals surface area contributed by atoms with Crippen molar-refractivity contribution >= 4 is 0 Å². The first kappa shape index (κ1) is 13.5. The molecule has 0 bridgehead atoms. The summed E-state index contributed by atoms with van der Waals surface area (Å²) in [5.41, 5.74) is 2.73. The van der Waals surface area contributed by atoms with Crippen molar-refractivity contribution in [2.24, 2.45) is 5.92 Å². The van der Waals surface area contributed by atoms with Crippen LogP contribution in [0.4, 0.5) is 0 Å². The monoisotopic (exact) mass is 248 g/mol. The van der Waals surface area contributed by atoms with Gasteiger partial charge in [0.2, 0.25) is 0 Å². The molecule has 18 heavy (non-hydrogen) atoms. The van der Waals surface area contributed by atoms with Gasteiger partial charge < -0.3 is 10.0 Å². The fourth-order valence-corrected chi connectivity index (χ4v) is 2.58. The summed E-state index contributed by atoms with van der Waals surface area (Å²) < 4.78 is 0. The van der Waals surface area contributed by atoms with E-state index < -0.39 is 0 Å². The van der Waals surface area contributed by atoms with E-state index in [0.29, 0.717) is 12.5 Å². The molecule has 3 heteroatoms. The molecule has 0 aromatic heterocycles. The van der Waals surface area contributed by atoms with Crippen LogP contribution >= 0.6 is 0 Å². The molecule has 1 heterocycles. The van der Waals surface area contributed by atoms with E-state index in [1.165, 1.54) is 11.1 Å². The van der Waals surface area contributed by atoms with Gasteiger partial charge >= 0.3 is 0 Å². The van der Waals surface area contributed by atoms with Crippen LogP contribution in [0.1, 0.15) is 17.5 Å². The molecular formula is C15H24N2O. The van der Waals surface area contributed by atoms with Crippen molar-refractivity contribution in [1.29, 1.82) is 0 Å². The number of hydrogen-bond acceptors (Lipinski definition) is 3. The molecule has 1 saturated heterocycles. The number of rotatable bonds is 5. The van der Waals surface area contributed by atoms with Gasteiger partial charge in [-0.25, -0.2) is 0 Å². The third kappa shape index (κ3) is 3.80. The minimum Gasteiger partial charge on any atom is -0.396 e. The van der Waals surface area contributed by atoms with Crippen LogP contribution in [0.3, 0.4) is 0 Å². The lowest BCUT2D eigenvalue weighted by Crippen LogP contribution is -2.21. The lowest BCUT2D eigenvalue weighted by atomic mass is 10.1. The maximum absolute atomic E-state index is 9.14.